The molecule has 0 fully saturated rings. The molecule has 0 aliphatic heterocycles. The first-order valence-corrected chi connectivity index (χ1v) is 5.96. The molecular weight excluding hydrogens is 254 g/mol. The summed E-state index contributed by atoms with van der Waals surface area (Å²) in [6, 6.07) is 4.29. The molecule has 1 rings (SSSR count). The topological polar surface area (TPSA) is 69.4 Å². The third kappa shape index (κ3) is 3.82. The quantitative estimate of drug-likeness (QED) is 0.657. The van der Waals surface area contributed by atoms with Crippen LogP contribution in [-0.2, 0) is 9.53 Å². The van der Waals surface area contributed by atoms with E-state index in [-0.39, 0.29) is 24.6 Å². The van der Waals surface area contributed by atoms with Gasteiger partial charge in [0.1, 0.15) is 0 Å². The number of methoxy groups -OCH3 is 1. The zero-order chi connectivity index (χ0) is 13.7. The first-order valence-electron chi connectivity index (χ1n) is 5.58. The molecule has 0 aliphatic rings. The van der Waals surface area contributed by atoms with E-state index in [1.54, 1.807) is 18.2 Å². The normalized spacial score (nSPS) is 12.0. The largest absolute Gasteiger partial charge is 0.469 e. The van der Waals surface area contributed by atoms with E-state index in [4.69, 9.17) is 17.3 Å². The highest BCUT2D eigenvalue weighted by atomic mass is 35.5. The lowest BCUT2D eigenvalue weighted by atomic mass is 9.99. The molecular formula is C13H16ClNO3. The highest BCUT2D eigenvalue weighted by molar-refractivity contribution is 6.31. The summed E-state index contributed by atoms with van der Waals surface area (Å²) in [6.45, 7) is 1.82. The Morgan fingerprint density at radius 1 is 1.44 bits per heavy atom. The van der Waals surface area contributed by atoms with Gasteiger partial charge in [-0.05, 0) is 37.1 Å². The van der Waals surface area contributed by atoms with Gasteiger partial charge in [-0.25, -0.2) is 0 Å². The third-order valence-electron chi connectivity index (χ3n) is 2.67. The summed E-state index contributed by atoms with van der Waals surface area (Å²) >= 11 is 5.88. The standard InChI is InChI=1S/C13H16ClNO3/c1-8-7-9(3-4-10(8)14)13(17)11(15)5-6-12(16)18-2/h3-4,7,11H,5-6,15H2,1-2H3. The maximum Gasteiger partial charge on any atom is 0.305 e. The van der Waals surface area contributed by atoms with Crippen LogP contribution in [0.2, 0.25) is 5.02 Å². The molecule has 0 radical (unpaired) electrons. The fourth-order valence-corrected chi connectivity index (χ4v) is 1.64. The molecule has 1 unspecified atom stereocenters. The summed E-state index contributed by atoms with van der Waals surface area (Å²) in [6.07, 6.45) is 0.406. The molecule has 5 heteroatoms. The molecule has 4 nitrogen and oxygen atoms in total. The van der Waals surface area contributed by atoms with Gasteiger partial charge in [0.25, 0.3) is 0 Å². The Bertz CT molecular complexity index is 460. The third-order valence-corrected chi connectivity index (χ3v) is 3.09. The van der Waals surface area contributed by atoms with Crippen LogP contribution < -0.4 is 5.73 Å². The number of ether oxygens (including phenoxy) is 1. The number of benzene rings is 1. The lowest BCUT2D eigenvalue weighted by Crippen LogP contribution is -2.31. The van der Waals surface area contributed by atoms with Gasteiger partial charge >= 0.3 is 5.97 Å². The van der Waals surface area contributed by atoms with E-state index in [1.165, 1.54) is 7.11 Å². The Hall–Kier alpha value is -1.39. The summed E-state index contributed by atoms with van der Waals surface area (Å²) in [5.74, 6) is -0.566. The van der Waals surface area contributed by atoms with Crippen molar-refractivity contribution in [3.63, 3.8) is 0 Å². The van der Waals surface area contributed by atoms with Gasteiger partial charge in [0.05, 0.1) is 13.2 Å². The molecule has 18 heavy (non-hydrogen) atoms. The van der Waals surface area contributed by atoms with E-state index in [0.29, 0.717) is 10.6 Å². The minimum Gasteiger partial charge on any atom is -0.469 e. The van der Waals surface area contributed by atoms with Crippen LogP contribution >= 0.6 is 11.6 Å². The number of Topliss-reactive ketones (excluding diaryl/α,β-unsaturated/α-hetero) is 1. The fraction of sp³-hybridized carbons (Fsp3) is 0.385. The van der Waals surface area contributed by atoms with Crippen LogP contribution in [0.3, 0.4) is 0 Å². The van der Waals surface area contributed by atoms with Gasteiger partial charge in [0.15, 0.2) is 5.78 Å². The summed E-state index contributed by atoms with van der Waals surface area (Å²) in [5.41, 5.74) is 7.08. The minimum atomic E-state index is -0.704. The molecule has 98 valence electrons. The first kappa shape index (κ1) is 14.7. The minimum absolute atomic E-state index is 0.135. The van der Waals surface area contributed by atoms with E-state index in [2.05, 4.69) is 4.74 Å². The van der Waals surface area contributed by atoms with E-state index in [9.17, 15) is 9.59 Å². The average Bonchev–Trinajstić information content (AvgIpc) is 2.37. The lowest BCUT2D eigenvalue weighted by molar-refractivity contribution is -0.140. The van der Waals surface area contributed by atoms with Crippen molar-refractivity contribution in [3.05, 3.63) is 34.3 Å². The van der Waals surface area contributed by atoms with E-state index in [1.807, 2.05) is 6.92 Å². The highest BCUT2D eigenvalue weighted by Crippen LogP contribution is 2.17. The number of rotatable bonds is 5. The van der Waals surface area contributed by atoms with Crippen molar-refractivity contribution in [1.29, 1.82) is 0 Å². The number of aryl methyl sites for hydroxylation is 1. The van der Waals surface area contributed by atoms with Crippen molar-refractivity contribution in [2.75, 3.05) is 7.11 Å². The van der Waals surface area contributed by atoms with Gasteiger partial charge in [0, 0.05) is 17.0 Å². The molecule has 0 spiro atoms. The molecule has 1 aromatic rings. The number of nitrogens with two attached hydrogens (primary N) is 1. The Balaban J connectivity index is 2.68. The van der Waals surface area contributed by atoms with E-state index >= 15 is 0 Å². The molecule has 0 saturated heterocycles. The van der Waals surface area contributed by atoms with Crippen LogP contribution in [0.1, 0.15) is 28.8 Å². The maximum absolute atomic E-state index is 12.0. The monoisotopic (exact) mass is 269 g/mol. The van der Waals surface area contributed by atoms with Crippen LogP contribution in [0.5, 0.6) is 0 Å². The molecule has 0 amide bonds. The zero-order valence-corrected chi connectivity index (χ0v) is 11.2. The number of ketones is 1. The van der Waals surface area contributed by atoms with Crippen molar-refractivity contribution in [2.24, 2.45) is 5.73 Å². The van der Waals surface area contributed by atoms with Gasteiger partial charge in [0.2, 0.25) is 0 Å². The Labute approximate surface area is 111 Å². The van der Waals surface area contributed by atoms with Gasteiger partial charge in [-0.15, -0.1) is 0 Å². The molecule has 0 heterocycles. The molecule has 1 aromatic carbocycles. The molecule has 0 aliphatic carbocycles. The van der Waals surface area contributed by atoms with E-state index < -0.39 is 6.04 Å². The summed E-state index contributed by atoms with van der Waals surface area (Å²) < 4.78 is 4.50. The Morgan fingerprint density at radius 2 is 2.11 bits per heavy atom. The number of hydrogen-bond donors (Lipinski definition) is 1. The number of halogens is 1. The second kappa shape index (κ2) is 6.52. The zero-order valence-electron chi connectivity index (χ0n) is 10.4. The van der Waals surface area contributed by atoms with Crippen LogP contribution in [0.25, 0.3) is 0 Å². The maximum atomic E-state index is 12.0. The smallest absolute Gasteiger partial charge is 0.305 e. The predicted octanol–water partition coefficient (Wildman–Crippen LogP) is 2.11. The molecule has 0 aromatic heterocycles. The summed E-state index contributed by atoms with van der Waals surface area (Å²) in [5, 5.41) is 0.606. The second-order valence-electron chi connectivity index (χ2n) is 4.05. The molecule has 1 atom stereocenters. The number of esters is 1. The number of carbonyl (C=O) groups is 2. The van der Waals surface area contributed by atoms with Gasteiger partial charge in [-0.2, -0.15) is 0 Å². The van der Waals surface area contributed by atoms with Crippen LogP contribution in [-0.4, -0.2) is 24.9 Å². The fourth-order valence-electron chi connectivity index (χ4n) is 1.52. The lowest BCUT2D eigenvalue weighted by Gasteiger charge is -2.10. The second-order valence-corrected chi connectivity index (χ2v) is 4.46. The van der Waals surface area contributed by atoms with Gasteiger partial charge < -0.3 is 10.5 Å². The number of hydrogen-bond acceptors (Lipinski definition) is 4. The summed E-state index contributed by atoms with van der Waals surface area (Å²) in [4.78, 5) is 23.0. The van der Waals surface area contributed by atoms with Crippen LogP contribution in [0.4, 0.5) is 0 Å². The predicted molar refractivity (Wildman–Crippen MR) is 69.7 cm³/mol. The Morgan fingerprint density at radius 3 is 2.67 bits per heavy atom. The van der Waals surface area contributed by atoms with Gasteiger partial charge in [-0.1, -0.05) is 11.6 Å². The molecule has 2 N–H and O–H groups in total. The summed E-state index contributed by atoms with van der Waals surface area (Å²) in [7, 11) is 1.30. The van der Waals surface area contributed by atoms with Crippen molar-refractivity contribution in [3.8, 4) is 0 Å². The molecule has 0 saturated carbocycles. The molecule has 0 bridgehead atoms. The average molecular weight is 270 g/mol. The van der Waals surface area contributed by atoms with Crippen molar-refractivity contribution >= 4 is 23.4 Å². The Kier molecular flexibility index (Phi) is 5.31. The van der Waals surface area contributed by atoms with Crippen molar-refractivity contribution in [2.45, 2.75) is 25.8 Å². The van der Waals surface area contributed by atoms with Crippen LogP contribution in [0, 0.1) is 6.92 Å². The SMILES string of the molecule is COC(=O)CCC(N)C(=O)c1ccc(Cl)c(C)c1. The van der Waals surface area contributed by atoms with Gasteiger partial charge in [-0.3, -0.25) is 9.59 Å². The van der Waals surface area contributed by atoms with E-state index in [0.717, 1.165) is 5.56 Å². The first-order chi connectivity index (χ1) is 8.45. The highest BCUT2D eigenvalue weighted by Gasteiger charge is 2.17. The van der Waals surface area contributed by atoms with Crippen LogP contribution in [0.15, 0.2) is 18.2 Å². The van der Waals surface area contributed by atoms with Crippen molar-refractivity contribution in [1.82, 2.24) is 0 Å². The van der Waals surface area contributed by atoms with Crippen molar-refractivity contribution < 1.29 is 14.3 Å². The number of carbonyl (C=O) groups excluding carboxylic acids is 2.